The van der Waals surface area contributed by atoms with Crippen molar-refractivity contribution in [3.63, 3.8) is 0 Å². The zero-order valence-electron chi connectivity index (χ0n) is 11.6. The molecule has 0 spiro atoms. The van der Waals surface area contributed by atoms with Crippen LogP contribution in [-0.2, 0) is 14.8 Å². The van der Waals surface area contributed by atoms with E-state index in [1.807, 2.05) is 13.8 Å². The monoisotopic (exact) mass is 276 g/mol. The van der Waals surface area contributed by atoms with Crippen LogP contribution in [0.15, 0.2) is 0 Å². The standard InChI is InChI=1S/C12H24N2O3S/c1-4-13(5-2)12(15)11-8-7-9-14(10-11)18(16,17)6-3/h11H,4-10H2,1-3H3/t11-/m0/s1. The number of sulfonamides is 1. The minimum Gasteiger partial charge on any atom is -0.343 e. The molecule has 0 bridgehead atoms. The molecule has 5 nitrogen and oxygen atoms in total. The molecule has 1 aliphatic rings. The van der Waals surface area contributed by atoms with Gasteiger partial charge in [0.15, 0.2) is 0 Å². The Hall–Kier alpha value is -0.620. The fourth-order valence-corrected chi connectivity index (χ4v) is 3.55. The maximum Gasteiger partial charge on any atom is 0.226 e. The maximum absolute atomic E-state index is 12.2. The summed E-state index contributed by atoms with van der Waals surface area (Å²) in [5.41, 5.74) is 0. The van der Waals surface area contributed by atoms with Crippen molar-refractivity contribution in [2.45, 2.75) is 33.6 Å². The highest BCUT2D eigenvalue weighted by Gasteiger charge is 2.32. The first-order valence-corrected chi connectivity index (χ1v) is 8.33. The van der Waals surface area contributed by atoms with Gasteiger partial charge in [-0.05, 0) is 33.6 Å². The van der Waals surface area contributed by atoms with Crippen molar-refractivity contribution in [2.75, 3.05) is 31.9 Å². The predicted molar refractivity (Wildman–Crippen MR) is 71.7 cm³/mol. The minimum atomic E-state index is -3.16. The summed E-state index contributed by atoms with van der Waals surface area (Å²) in [6.45, 7) is 7.82. The van der Waals surface area contributed by atoms with E-state index in [1.54, 1.807) is 11.8 Å². The van der Waals surface area contributed by atoms with Crippen LogP contribution < -0.4 is 0 Å². The highest BCUT2D eigenvalue weighted by Crippen LogP contribution is 2.21. The van der Waals surface area contributed by atoms with E-state index in [1.165, 1.54) is 4.31 Å². The summed E-state index contributed by atoms with van der Waals surface area (Å²) >= 11 is 0. The van der Waals surface area contributed by atoms with Gasteiger partial charge in [-0.2, -0.15) is 0 Å². The van der Waals surface area contributed by atoms with Crippen LogP contribution in [0.1, 0.15) is 33.6 Å². The average molecular weight is 276 g/mol. The van der Waals surface area contributed by atoms with Crippen LogP contribution in [0.4, 0.5) is 0 Å². The molecule has 1 atom stereocenters. The van der Waals surface area contributed by atoms with E-state index >= 15 is 0 Å². The van der Waals surface area contributed by atoms with Crippen molar-refractivity contribution in [1.29, 1.82) is 0 Å². The van der Waals surface area contributed by atoms with Crippen LogP contribution in [0, 0.1) is 5.92 Å². The van der Waals surface area contributed by atoms with Gasteiger partial charge >= 0.3 is 0 Å². The molecule has 1 aliphatic heterocycles. The van der Waals surface area contributed by atoms with Crippen LogP contribution in [0.25, 0.3) is 0 Å². The molecule has 0 radical (unpaired) electrons. The Morgan fingerprint density at radius 1 is 1.28 bits per heavy atom. The van der Waals surface area contributed by atoms with E-state index < -0.39 is 10.0 Å². The molecule has 0 aliphatic carbocycles. The number of nitrogens with zero attached hydrogens (tertiary/aromatic N) is 2. The lowest BCUT2D eigenvalue weighted by Gasteiger charge is -2.33. The van der Waals surface area contributed by atoms with Gasteiger partial charge < -0.3 is 4.90 Å². The molecule has 0 unspecified atom stereocenters. The van der Waals surface area contributed by atoms with E-state index in [9.17, 15) is 13.2 Å². The lowest BCUT2D eigenvalue weighted by molar-refractivity contribution is -0.136. The summed E-state index contributed by atoms with van der Waals surface area (Å²) in [4.78, 5) is 14.0. The van der Waals surface area contributed by atoms with Gasteiger partial charge in [-0.25, -0.2) is 12.7 Å². The summed E-state index contributed by atoms with van der Waals surface area (Å²) < 4.78 is 25.1. The highest BCUT2D eigenvalue weighted by molar-refractivity contribution is 7.89. The smallest absolute Gasteiger partial charge is 0.226 e. The van der Waals surface area contributed by atoms with Crippen LogP contribution in [0.3, 0.4) is 0 Å². The molecule has 0 aromatic carbocycles. The van der Waals surface area contributed by atoms with Crippen LogP contribution in [-0.4, -0.2) is 55.5 Å². The Bertz CT molecular complexity index is 377. The molecule has 1 saturated heterocycles. The fraction of sp³-hybridized carbons (Fsp3) is 0.917. The van der Waals surface area contributed by atoms with E-state index in [-0.39, 0.29) is 17.6 Å². The van der Waals surface area contributed by atoms with Gasteiger partial charge in [-0.3, -0.25) is 4.79 Å². The molecule has 106 valence electrons. The van der Waals surface area contributed by atoms with Gasteiger partial charge in [0.1, 0.15) is 0 Å². The first-order valence-electron chi connectivity index (χ1n) is 6.72. The van der Waals surface area contributed by atoms with Crippen molar-refractivity contribution in [2.24, 2.45) is 5.92 Å². The summed E-state index contributed by atoms with van der Waals surface area (Å²) in [6.07, 6.45) is 1.57. The summed E-state index contributed by atoms with van der Waals surface area (Å²) in [6, 6.07) is 0. The molecule has 0 aromatic heterocycles. The first-order chi connectivity index (χ1) is 8.46. The molecule has 1 amide bonds. The Balaban J connectivity index is 2.72. The first kappa shape index (κ1) is 15.4. The molecule has 0 aromatic rings. The van der Waals surface area contributed by atoms with E-state index in [2.05, 4.69) is 0 Å². The lowest BCUT2D eigenvalue weighted by atomic mass is 9.98. The summed E-state index contributed by atoms with van der Waals surface area (Å²) in [7, 11) is -3.16. The van der Waals surface area contributed by atoms with Gasteiger partial charge in [0.05, 0.1) is 11.7 Å². The Morgan fingerprint density at radius 3 is 2.39 bits per heavy atom. The summed E-state index contributed by atoms with van der Waals surface area (Å²) in [5.74, 6) is 0.0371. The van der Waals surface area contributed by atoms with Crippen LogP contribution >= 0.6 is 0 Å². The molecule has 6 heteroatoms. The number of amides is 1. The molecule has 1 rings (SSSR count). The molecular formula is C12H24N2O3S. The number of hydrogen-bond acceptors (Lipinski definition) is 3. The molecule has 18 heavy (non-hydrogen) atoms. The second-order valence-electron chi connectivity index (χ2n) is 4.61. The Morgan fingerprint density at radius 2 is 1.89 bits per heavy atom. The van der Waals surface area contributed by atoms with Crippen molar-refractivity contribution < 1.29 is 13.2 Å². The molecule has 1 fully saturated rings. The predicted octanol–water partition coefficient (Wildman–Crippen LogP) is 0.917. The number of hydrogen-bond donors (Lipinski definition) is 0. The van der Waals surface area contributed by atoms with Crippen molar-refractivity contribution in [1.82, 2.24) is 9.21 Å². The normalized spacial score (nSPS) is 21.8. The van der Waals surface area contributed by atoms with E-state index in [0.717, 1.165) is 12.8 Å². The van der Waals surface area contributed by atoms with E-state index in [4.69, 9.17) is 0 Å². The minimum absolute atomic E-state index is 0.0935. The fourth-order valence-electron chi connectivity index (χ4n) is 2.37. The summed E-state index contributed by atoms with van der Waals surface area (Å²) in [5, 5.41) is 0. The number of carbonyl (C=O) groups is 1. The Kier molecular flexibility index (Phi) is 5.59. The number of piperidine rings is 1. The third-order valence-corrected chi connectivity index (χ3v) is 5.41. The third kappa shape index (κ3) is 3.45. The second-order valence-corrected chi connectivity index (χ2v) is 6.87. The van der Waals surface area contributed by atoms with Crippen molar-refractivity contribution in [3.05, 3.63) is 0 Å². The number of rotatable bonds is 5. The molecular weight excluding hydrogens is 252 g/mol. The van der Waals surface area contributed by atoms with Gasteiger partial charge in [0.25, 0.3) is 0 Å². The molecule has 1 heterocycles. The molecule has 0 N–H and O–H groups in total. The topological polar surface area (TPSA) is 57.7 Å². The van der Waals surface area contributed by atoms with E-state index in [0.29, 0.717) is 26.2 Å². The zero-order chi connectivity index (χ0) is 13.8. The second kappa shape index (κ2) is 6.52. The quantitative estimate of drug-likeness (QED) is 0.750. The van der Waals surface area contributed by atoms with Crippen LogP contribution in [0.5, 0.6) is 0 Å². The SMILES string of the molecule is CCN(CC)C(=O)[C@H]1CCCN(S(=O)(=O)CC)C1. The van der Waals surface area contributed by atoms with Crippen molar-refractivity contribution >= 4 is 15.9 Å². The molecule has 0 saturated carbocycles. The average Bonchev–Trinajstić information content (AvgIpc) is 2.40. The zero-order valence-corrected chi connectivity index (χ0v) is 12.4. The Labute approximate surface area is 110 Å². The maximum atomic E-state index is 12.2. The van der Waals surface area contributed by atoms with Gasteiger partial charge in [-0.1, -0.05) is 0 Å². The van der Waals surface area contributed by atoms with Crippen LogP contribution in [0.2, 0.25) is 0 Å². The highest BCUT2D eigenvalue weighted by atomic mass is 32.2. The third-order valence-electron chi connectivity index (χ3n) is 3.57. The van der Waals surface area contributed by atoms with Gasteiger partial charge in [0.2, 0.25) is 15.9 Å². The van der Waals surface area contributed by atoms with Gasteiger partial charge in [0, 0.05) is 26.2 Å². The largest absolute Gasteiger partial charge is 0.343 e. The lowest BCUT2D eigenvalue weighted by Crippen LogP contribution is -2.47. The van der Waals surface area contributed by atoms with Gasteiger partial charge in [-0.15, -0.1) is 0 Å². The van der Waals surface area contributed by atoms with Crippen molar-refractivity contribution in [3.8, 4) is 0 Å². The number of carbonyl (C=O) groups excluding carboxylic acids is 1.